The molecule has 2 nitrogen and oxygen atoms in total. The SMILES string of the molecule is N#Cc1ncccc1CSc1cccc(F)c1. The lowest BCUT2D eigenvalue weighted by Crippen LogP contribution is -1.90. The maximum absolute atomic E-state index is 13.0. The lowest BCUT2D eigenvalue weighted by Gasteiger charge is -2.03. The molecule has 1 aromatic carbocycles. The van der Waals surface area contributed by atoms with Gasteiger partial charge in [0.25, 0.3) is 0 Å². The zero-order chi connectivity index (χ0) is 12.1. The van der Waals surface area contributed by atoms with E-state index in [2.05, 4.69) is 4.98 Å². The summed E-state index contributed by atoms with van der Waals surface area (Å²) in [5, 5.41) is 8.88. The van der Waals surface area contributed by atoms with Gasteiger partial charge in [-0.3, -0.25) is 0 Å². The number of halogens is 1. The second kappa shape index (κ2) is 5.46. The van der Waals surface area contributed by atoms with Gasteiger partial charge in [-0.05, 0) is 29.8 Å². The van der Waals surface area contributed by atoms with Crippen LogP contribution in [0.5, 0.6) is 0 Å². The van der Waals surface area contributed by atoms with Crippen LogP contribution in [-0.2, 0) is 5.75 Å². The van der Waals surface area contributed by atoms with Crippen molar-refractivity contribution in [1.29, 1.82) is 5.26 Å². The standard InChI is InChI=1S/C13H9FN2S/c14-11-4-1-5-12(7-11)17-9-10-3-2-6-16-13(10)8-15/h1-7H,9H2. The Labute approximate surface area is 103 Å². The molecular weight excluding hydrogens is 235 g/mol. The van der Waals surface area contributed by atoms with Crippen molar-refractivity contribution in [2.75, 3.05) is 0 Å². The van der Waals surface area contributed by atoms with Gasteiger partial charge in [-0.25, -0.2) is 9.37 Å². The first-order valence-electron chi connectivity index (χ1n) is 5.02. The molecule has 4 heteroatoms. The molecule has 0 N–H and O–H groups in total. The minimum absolute atomic E-state index is 0.248. The lowest BCUT2D eigenvalue weighted by atomic mass is 10.2. The molecule has 1 heterocycles. The summed E-state index contributed by atoms with van der Waals surface area (Å²) in [5.41, 5.74) is 1.29. The Morgan fingerprint density at radius 1 is 1.29 bits per heavy atom. The maximum atomic E-state index is 13.0. The molecule has 0 radical (unpaired) electrons. The minimum atomic E-state index is -0.248. The van der Waals surface area contributed by atoms with Gasteiger partial charge in [0, 0.05) is 16.8 Å². The van der Waals surface area contributed by atoms with E-state index < -0.39 is 0 Å². The summed E-state index contributed by atoms with van der Waals surface area (Å²) in [6.07, 6.45) is 1.59. The predicted octanol–water partition coefficient (Wildman–Crippen LogP) is 3.38. The fraction of sp³-hybridized carbons (Fsp3) is 0.0769. The van der Waals surface area contributed by atoms with E-state index in [0.717, 1.165) is 10.5 Å². The van der Waals surface area contributed by atoms with Gasteiger partial charge in [0.1, 0.15) is 17.6 Å². The van der Waals surface area contributed by atoms with Crippen molar-refractivity contribution in [3.63, 3.8) is 0 Å². The fourth-order valence-electron chi connectivity index (χ4n) is 1.37. The van der Waals surface area contributed by atoms with E-state index in [1.54, 1.807) is 18.3 Å². The number of hydrogen-bond donors (Lipinski definition) is 0. The van der Waals surface area contributed by atoms with Gasteiger partial charge in [-0.1, -0.05) is 12.1 Å². The predicted molar refractivity (Wildman–Crippen MR) is 64.9 cm³/mol. The molecule has 0 bridgehead atoms. The summed E-state index contributed by atoms with van der Waals surface area (Å²) in [4.78, 5) is 4.82. The van der Waals surface area contributed by atoms with Crippen LogP contribution in [0.3, 0.4) is 0 Å². The second-order valence-corrected chi connectivity index (χ2v) is 4.42. The summed E-state index contributed by atoms with van der Waals surface area (Å²) < 4.78 is 13.0. The van der Waals surface area contributed by atoms with Crippen LogP contribution in [0.2, 0.25) is 0 Å². The Balaban J connectivity index is 2.10. The molecule has 0 saturated heterocycles. The summed E-state index contributed by atoms with van der Waals surface area (Å²) in [7, 11) is 0. The Morgan fingerprint density at radius 3 is 2.94 bits per heavy atom. The van der Waals surface area contributed by atoms with Crippen LogP contribution in [0.4, 0.5) is 4.39 Å². The third-order valence-corrected chi connectivity index (χ3v) is 3.23. The van der Waals surface area contributed by atoms with Gasteiger partial charge >= 0.3 is 0 Å². The number of nitrogens with zero attached hydrogens (tertiary/aromatic N) is 2. The summed E-state index contributed by atoms with van der Waals surface area (Å²) in [6, 6.07) is 12.1. The highest BCUT2D eigenvalue weighted by Gasteiger charge is 2.03. The highest BCUT2D eigenvalue weighted by Crippen LogP contribution is 2.23. The smallest absolute Gasteiger partial charge is 0.144 e. The molecule has 2 aromatic rings. The third-order valence-electron chi connectivity index (χ3n) is 2.19. The first-order chi connectivity index (χ1) is 8.29. The Kier molecular flexibility index (Phi) is 3.73. The van der Waals surface area contributed by atoms with Crippen molar-refractivity contribution >= 4 is 11.8 Å². The zero-order valence-corrected chi connectivity index (χ0v) is 9.75. The van der Waals surface area contributed by atoms with Crippen molar-refractivity contribution in [3.05, 3.63) is 59.7 Å². The average Bonchev–Trinajstić information content (AvgIpc) is 2.37. The first kappa shape index (κ1) is 11.6. The minimum Gasteiger partial charge on any atom is -0.245 e. The summed E-state index contributed by atoms with van der Waals surface area (Å²) in [5.74, 6) is 0.363. The monoisotopic (exact) mass is 244 g/mol. The molecule has 0 atom stereocenters. The average molecular weight is 244 g/mol. The molecular formula is C13H9FN2S. The highest BCUT2D eigenvalue weighted by atomic mass is 32.2. The zero-order valence-electron chi connectivity index (χ0n) is 8.93. The van der Waals surface area contributed by atoms with Crippen molar-refractivity contribution < 1.29 is 4.39 Å². The van der Waals surface area contributed by atoms with Gasteiger partial charge in [0.2, 0.25) is 0 Å². The number of aromatic nitrogens is 1. The Hall–Kier alpha value is -1.86. The van der Waals surface area contributed by atoms with Crippen molar-refractivity contribution in [2.45, 2.75) is 10.6 Å². The molecule has 0 amide bonds. The lowest BCUT2D eigenvalue weighted by molar-refractivity contribution is 0.624. The quantitative estimate of drug-likeness (QED) is 0.776. The summed E-state index contributed by atoms with van der Waals surface area (Å²) >= 11 is 1.49. The number of hydrogen-bond acceptors (Lipinski definition) is 3. The van der Waals surface area contributed by atoms with Gasteiger partial charge in [-0.15, -0.1) is 11.8 Å². The van der Waals surface area contributed by atoms with E-state index in [-0.39, 0.29) is 5.82 Å². The molecule has 1 aromatic heterocycles. The van der Waals surface area contributed by atoms with E-state index >= 15 is 0 Å². The molecule has 17 heavy (non-hydrogen) atoms. The van der Waals surface area contributed by atoms with Gasteiger partial charge in [0.15, 0.2) is 0 Å². The van der Waals surface area contributed by atoms with Gasteiger partial charge in [-0.2, -0.15) is 5.26 Å². The van der Waals surface area contributed by atoms with E-state index in [1.807, 2.05) is 18.2 Å². The molecule has 0 fully saturated rings. The third kappa shape index (κ3) is 3.05. The van der Waals surface area contributed by atoms with E-state index in [0.29, 0.717) is 11.4 Å². The van der Waals surface area contributed by atoms with E-state index in [4.69, 9.17) is 5.26 Å². The molecule has 0 aliphatic heterocycles. The Bertz CT molecular complexity index is 563. The van der Waals surface area contributed by atoms with Crippen LogP contribution >= 0.6 is 11.8 Å². The van der Waals surface area contributed by atoms with Crippen LogP contribution in [-0.4, -0.2) is 4.98 Å². The number of benzene rings is 1. The van der Waals surface area contributed by atoms with Crippen LogP contribution in [0.1, 0.15) is 11.3 Å². The van der Waals surface area contributed by atoms with Gasteiger partial charge < -0.3 is 0 Å². The molecule has 0 unspecified atom stereocenters. The molecule has 0 aliphatic carbocycles. The second-order valence-electron chi connectivity index (χ2n) is 3.37. The van der Waals surface area contributed by atoms with Crippen LogP contribution < -0.4 is 0 Å². The molecule has 0 spiro atoms. The first-order valence-corrected chi connectivity index (χ1v) is 6.00. The number of nitriles is 1. The van der Waals surface area contributed by atoms with Crippen molar-refractivity contribution in [2.24, 2.45) is 0 Å². The topological polar surface area (TPSA) is 36.7 Å². The normalized spacial score (nSPS) is 9.88. The van der Waals surface area contributed by atoms with Crippen LogP contribution in [0.25, 0.3) is 0 Å². The van der Waals surface area contributed by atoms with Crippen molar-refractivity contribution in [1.82, 2.24) is 4.98 Å². The number of rotatable bonds is 3. The molecule has 0 saturated carbocycles. The molecule has 0 aliphatic rings. The fourth-order valence-corrected chi connectivity index (χ4v) is 2.30. The van der Waals surface area contributed by atoms with E-state index in [1.165, 1.54) is 23.9 Å². The Morgan fingerprint density at radius 2 is 2.18 bits per heavy atom. The number of pyridine rings is 1. The summed E-state index contributed by atoms with van der Waals surface area (Å²) in [6.45, 7) is 0. The molecule has 2 rings (SSSR count). The van der Waals surface area contributed by atoms with E-state index in [9.17, 15) is 4.39 Å². The molecule has 84 valence electrons. The van der Waals surface area contributed by atoms with Crippen LogP contribution in [0.15, 0.2) is 47.5 Å². The highest BCUT2D eigenvalue weighted by molar-refractivity contribution is 7.98. The largest absolute Gasteiger partial charge is 0.245 e. The van der Waals surface area contributed by atoms with Gasteiger partial charge in [0.05, 0.1) is 0 Å². The maximum Gasteiger partial charge on any atom is 0.144 e. The van der Waals surface area contributed by atoms with Crippen LogP contribution in [0, 0.1) is 17.1 Å². The van der Waals surface area contributed by atoms with Crippen molar-refractivity contribution in [3.8, 4) is 6.07 Å². The number of thioether (sulfide) groups is 1.